The van der Waals surface area contributed by atoms with E-state index in [1.54, 1.807) is 0 Å². The highest BCUT2D eigenvalue weighted by Gasteiger charge is 2.23. The van der Waals surface area contributed by atoms with Crippen molar-refractivity contribution in [3.05, 3.63) is 36.7 Å². The van der Waals surface area contributed by atoms with Gasteiger partial charge in [0.15, 0.2) is 0 Å². The summed E-state index contributed by atoms with van der Waals surface area (Å²) in [5.74, 6) is -1.67. The molecule has 1 aliphatic rings. The van der Waals surface area contributed by atoms with Crippen LogP contribution in [-0.4, -0.2) is 30.4 Å². The third kappa shape index (κ3) is 5.42. The molecule has 0 atom stereocenters. The van der Waals surface area contributed by atoms with Gasteiger partial charge in [-0.25, -0.2) is 9.18 Å². The number of urea groups is 1. The van der Waals surface area contributed by atoms with E-state index >= 15 is 0 Å². The van der Waals surface area contributed by atoms with E-state index in [1.165, 1.54) is 12.1 Å². The molecule has 0 heterocycles. The summed E-state index contributed by atoms with van der Waals surface area (Å²) in [7, 11) is 0. The second kappa shape index (κ2) is 7.39. The average molecular weight is 320 g/mol. The Hall–Kier alpha value is -2.90. The van der Waals surface area contributed by atoms with Gasteiger partial charge in [-0.1, -0.05) is 6.58 Å². The molecular weight excluding hydrogens is 303 g/mol. The van der Waals surface area contributed by atoms with Crippen molar-refractivity contribution >= 4 is 29.2 Å². The molecule has 1 aliphatic carbocycles. The van der Waals surface area contributed by atoms with Crippen LogP contribution in [-0.2, 0) is 9.59 Å². The molecule has 0 unspecified atom stereocenters. The summed E-state index contributed by atoms with van der Waals surface area (Å²) in [6.07, 6.45) is 2.91. The molecule has 7 nitrogen and oxygen atoms in total. The molecule has 0 bridgehead atoms. The van der Waals surface area contributed by atoms with Gasteiger partial charge >= 0.3 is 6.03 Å². The van der Waals surface area contributed by atoms with Crippen molar-refractivity contribution < 1.29 is 18.8 Å². The van der Waals surface area contributed by atoms with Crippen molar-refractivity contribution in [1.29, 1.82) is 0 Å². The fraction of sp³-hybridized carbons (Fsp3) is 0.267. The van der Waals surface area contributed by atoms with Crippen molar-refractivity contribution in [2.45, 2.75) is 18.9 Å². The number of benzene rings is 1. The number of rotatable bonds is 6. The van der Waals surface area contributed by atoms with Crippen molar-refractivity contribution in [1.82, 2.24) is 10.6 Å². The fourth-order valence-electron chi connectivity index (χ4n) is 1.71. The van der Waals surface area contributed by atoms with Crippen LogP contribution in [0.2, 0.25) is 0 Å². The van der Waals surface area contributed by atoms with E-state index in [0.717, 1.165) is 25.0 Å². The van der Waals surface area contributed by atoms with E-state index in [9.17, 15) is 18.8 Å². The number of hydrogen-bond donors (Lipinski definition) is 4. The van der Waals surface area contributed by atoms with E-state index < -0.39 is 23.7 Å². The molecule has 8 heteroatoms. The Labute approximate surface area is 132 Å². The predicted octanol–water partition coefficient (Wildman–Crippen LogP) is 1.35. The Kier molecular flexibility index (Phi) is 5.29. The summed E-state index contributed by atoms with van der Waals surface area (Å²) in [5.41, 5.74) is 0.215. The lowest BCUT2D eigenvalue weighted by molar-refractivity contribution is -0.115. The topological polar surface area (TPSA) is 99.3 Å². The lowest BCUT2D eigenvalue weighted by Crippen LogP contribution is -2.40. The highest BCUT2D eigenvalue weighted by molar-refractivity contribution is 6.00. The van der Waals surface area contributed by atoms with E-state index in [0.29, 0.717) is 5.69 Å². The van der Waals surface area contributed by atoms with Crippen LogP contribution in [0.4, 0.5) is 20.6 Å². The number of amides is 4. The molecule has 1 aromatic carbocycles. The molecule has 0 radical (unpaired) electrons. The number of nitrogens with one attached hydrogen (secondary N) is 4. The second-order valence-corrected chi connectivity index (χ2v) is 5.04. The Morgan fingerprint density at radius 2 is 2.00 bits per heavy atom. The number of halogens is 1. The first-order chi connectivity index (χ1) is 11.0. The molecule has 1 fully saturated rings. The monoisotopic (exact) mass is 320 g/mol. The molecule has 23 heavy (non-hydrogen) atoms. The maximum atomic E-state index is 13.6. The normalized spacial score (nSPS) is 12.9. The summed E-state index contributed by atoms with van der Waals surface area (Å²) in [4.78, 5) is 34.3. The van der Waals surface area contributed by atoms with Gasteiger partial charge in [-0.3, -0.25) is 9.59 Å². The molecule has 1 saturated carbocycles. The highest BCUT2D eigenvalue weighted by Crippen LogP contribution is 2.20. The predicted molar refractivity (Wildman–Crippen MR) is 83.4 cm³/mol. The van der Waals surface area contributed by atoms with E-state index in [-0.39, 0.29) is 18.3 Å². The Morgan fingerprint density at radius 1 is 1.26 bits per heavy atom. The number of carbonyl (C=O) groups is 3. The SMILES string of the molecule is C=CC(=O)Nc1cc(NC(=O)CNC(=O)NC2CC2)ccc1F. The maximum absolute atomic E-state index is 13.6. The van der Waals surface area contributed by atoms with Crippen molar-refractivity contribution in [3.63, 3.8) is 0 Å². The van der Waals surface area contributed by atoms with Crippen molar-refractivity contribution in [2.75, 3.05) is 17.2 Å². The largest absolute Gasteiger partial charge is 0.335 e. The van der Waals surface area contributed by atoms with Crippen molar-refractivity contribution in [3.8, 4) is 0 Å². The van der Waals surface area contributed by atoms with Gasteiger partial charge in [0.25, 0.3) is 0 Å². The minimum atomic E-state index is -0.639. The first-order valence-electron chi connectivity index (χ1n) is 7.05. The lowest BCUT2D eigenvalue weighted by Gasteiger charge is -2.10. The quantitative estimate of drug-likeness (QED) is 0.595. The van der Waals surface area contributed by atoms with Gasteiger partial charge in [0.05, 0.1) is 12.2 Å². The van der Waals surface area contributed by atoms with Gasteiger partial charge in [-0.05, 0) is 37.1 Å². The molecule has 4 N–H and O–H groups in total. The van der Waals surface area contributed by atoms with Crippen LogP contribution in [0.25, 0.3) is 0 Å². The van der Waals surface area contributed by atoms with E-state index in [2.05, 4.69) is 27.8 Å². The number of hydrogen-bond acceptors (Lipinski definition) is 3. The molecule has 0 saturated heterocycles. The van der Waals surface area contributed by atoms with Gasteiger partial charge in [0, 0.05) is 11.7 Å². The van der Waals surface area contributed by atoms with Gasteiger partial charge in [-0.15, -0.1) is 0 Å². The summed E-state index contributed by atoms with van der Waals surface area (Å²) in [6.45, 7) is 3.05. The zero-order chi connectivity index (χ0) is 16.8. The minimum Gasteiger partial charge on any atom is -0.335 e. The molecule has 2 rings (SSSR count). The average Bonchev–Trinajstić information content (AvgIpc) is 3.32. The van der Waals surface area contributed by atoms with E-state index in [4.69, 9.17) is 0 Å². The van der Waals surface area contributed by atoms with Crippen molar-refractivity contribution in [2.24, 2.45) is 0 Å². The maximum Gasteiger partial charge on any atom is 0.315 e. The Bertz CT molecular complexity index is 644. The van der Waals surface area contributed by atoms with Gasteiger partial charge in [0.2, 0.25) is 11.8 Å². The standard InChI is InChI=1S/C15H17FN4O3/c1-2-13(21)20-12-7-10(5-6-11(12)16)18-14(22)8-17-15(23)19-9-3-4-9/h2,5-7,9H,1,3-4,8H2,(H,18,22)(H,20,21)(H2,17,19,23). The van der Waals surface area contributed by atoms with Gasteiger partial charge < -0.3 is 21.3 Å². The van der Waals surface area contributed by atoms with E-state index in [1.807, 2.05) is 0 Å². The third-order valence-corrected chi connectivity index (χ3v) is 3.02. The summed E-state index contributed by atoms with van der Waals surface area (Å²) in [6, 6.07) is 3.54. The first kappa shape index (κ1) is 16.5. The van der Waals surface area contributed by atoms with Crippen LogP contribution in [0, 0.1) is 5.82 Å². The third-order valence-electron chi connectivity index (χ3n) is 3.02. The van der Waals surface area contributed by atoms with Crippen LogP contribution in [0.3, 0.4) is 0 Å². The Morgan fingerprint density at radius 3 is 2.65 bits per heavy atom. The molecule has 0 spiro atoms. The summed E-state index contributed by atoms with van der Waals surface area (Å²) in [5, 5.41) is 9.89. The lowest BCUT2D eigenvalue weighted by atomic mass is 10.2. The summed E-state index contributed by atoms with van der Waals surface area (Å²) >= 11 is 0. The molecule has 4 amide bonds. The second-order valence-electron chi connectivity index (χ2n) is 5.04. The highest BCUT2D eigenvalue weighted by atomic mass is 19.1. The fourth-order valence-corrected chi connectivity index (χ4v) is 1.71. The van der Waals surface area contributed by atoms with Crippen LogP contribution in [0.5, 0.6) is 0 Å². The zero-order valence-electron chi connectivity index (χ0n) is 12.3. The zero-order valence-corrected chi connectivity index (χ0v) is 12.3. The minimum absolute atomic E-state index is 0.0767. The summed E-state index contributed by atoms with van der Waals surface area (Å²) < 4.78 is 13.6. The Balaban J connectivity index is 1.86. The molecule has 0 aromatic heterocycles. The number of carbonyl (C=O) groups excluding carboxylic acids is 3. The first-order valence-corrected chi connectivity index (χ1v) is 7.05. The van der Waals surface area contributed by atoms with Gasteiger partial charge in [0.1, 0.15) is 5.82 Å². The van der Waals surface area contributed by atoms with Crippen LogP contribution in [0.15, 0.2) is 30.9 Å². The van der Waals surface area contributed by atoms with Crippen LogP contribution < -0.4 is 21.3 Å². The van der Waals surface area contributed by atoms with Crippen LogP contribution >= 0.6 is 0 Å². The molecule has 0 aliphatic heterocycles. The smallest absolute Gasteiger partial charge is 0.315 e. The van der Waals surface area contributed by atoms with Gasteiger partial charge in [-0.2, -0.15) is 0 Å². The molecule has 122 valence electrons. The number of anilines is 2. The molecular formula is C15H17FN4O3. The van der Waals surface area contributed by atoms with Crippen LogP contribution in [0.1, 0.15) is 12.8 Å². The molecule has 1 aromatic rings.